The van der Waals surface area contributed by atoms with Crippen molar-refractivity contribution in [2.24, 2.45) is 11.7 Å². The van der Waals surface area contributed by atoms with Gasteiger partial charge in [-0.3, -0.25) is 14.3 Å². The van der Waals surface area contributed by atoms with Crippen LogP contribution in [0.1, 0.15) is 48.4 Å². The van der Waals surface area contributed by atoms with Gasteiger partial charge in [0.1, 0.15) is 25.0 Å². The second kappa shape index (κ2) is 11.0. The van der Waals surface area contributed by atoms with Crippen LogP contribution in [-0.4, -0.2) is 40.3 Å². The van der Waals surface area contributed by atoms with Gasteiger partial charge in [-0.25, -0.2) is 0 Å². The number of hydrogen-bond acceptors (Lipinski definition) is 2. The van der Waals surface area contributed by atoms with Crippen LogP contribution in [0.4, 0.5) is 0 Å². The third kappa shape index (κ3) is 4.61. The van der Waals surface area contributed by atoms with E-state index in [1.54, 1.807) is 0 Å². The normalized spacial score (nSPS) is 19.9. The Morgan fingerprint density at radius 2 is 1.50 bits per heavy atom. The van der Waals surface area contributed by atoms with E-state index in [9.17, 15) is 4.79 Å². The number of amidine groups is 1. The number of benzene rings is 3. The largest absolute Gasteiger partial charge is 1.00 e. The van der Waals surface area contributed by atoms with Crippen molar-refractivity contribution in [3.63, 3.8) is 0 Å². The lowest BCUT2D eigenvalue weighted by Crippen LogP contribution is -3.00. The summed E-state index contributed by atoms with van der Waals surface area (Å²) in [6, 6.07) is 29.4. The molecule has 1 saturated carbocycles. The molecule has 0 bridgehead atoms. The molecule has 1 aliphatic heterocycles. The average Bonchev–Trinajstić information content (AvgIpc) is 3.49. The fourth-order valence-corrected chi connectivity index (χ4v) is 6.53. The first kappa shape index (κ1) is 26.2. The summed E-state index contributed by atoms with van der Waals surface area (Å²) in [7, 11) is 0. The SMILES string of the molecule is CC1=[N+](Cc2ccccc2C)CCN1C1CCC(C(C(N)=O)(c2ccccc2)c2ccccc2)C1.[Br-]. The second-order valence-electron chi connectivity index (χ2n) is 10.2. The standard InChI is InChI=1S/C31H35N3O.BrH/c1-23-11-9-10-12-25(23)22-33-19-20-34(24(33)2)29-18-17-28(21-29)31(30(32)35,26-13-5-3-6-14-26)27-15-7-4-8-16-27;/h3-16,28-29H,17-22H2,1-2H3,(H-,32,35);1H. The van der Waals surface area contributed by atoms with E-state index >= 15 is 0 Å². The molecule has 2 atom stereocenters. The van der Waals surface area contributed by atoms with Gasteiger partial charge < -0.3 is 22.7 Å². The quantitative estimate of drug-likeness (QED) is 0.461. The maximum Gasteiger partial charge on any atom is 0.244 e. The number of nitrogens with zero attached hydrogens (tertiary/aromatic N) is 2. The molecule has 36 heavy (non-hydrogen) atoms. The first-order valence-electron chi connectivity index (χ1n) is 12.8. The monoisotopic (exact) mass is 545 g/mol. The Morgan fingerprint density at radius 3 is 2.08 bits per heavy atom. The number of carbonyl (C=O) groups excluding carboxylic acids is 1. The smallest absolute Gasteiger partial charge is 0.244 e. The molecule has 1 amide bonds. The Hall–Kier alpha value is -2.92. The van der Waals surface area contributed by atoms with Crippen molar-refractivity contribution in [1.82, 2.24) is 4.90 Å². The van der Waals surface area contributed by atoms with E-state index in [-0.39, 0.29) is 28.8 Å². The van der Waals surface area contributed by atoms with Crippen molar-refractivity contribution >= 4 is 11.7 Å². The summed E-state index contributed by atoms with van der Waals surface area (Å²) in [4.78, 5) is 16.0. The molecular weight excluding hydrogens is 510 g/mol. The third-order valence-corrected chi connectivity index (χ3v) is 8.41. The van der Waals surface area contributed by atoms with Gasteiger partial charge in [-0.15, -0.1) is 0 Å². The molecule has 1 fully saturated rings. The number of rotatable bonds is 7. The van der Waals surface area contributed by atoms with Crippen LogP contribution < -0.4 is 22.7 Å². The molecule has 5 heteroatoms. The van der Waals surface area contributed by atoms with Crippen molar-refractivity contribution in [2.75, 3.05) is 13.1 Å². The van der Waals surface area contributed by atoms with E-state index in [1.165, 1.54) is 17.0 Å². The number of primary amides is 1. The summed E-state index contributed by atoms with van der Waals surface area (Å²) < 4.78 is 2.51. The highest BCUT2D eigenvalue weighted by atomic mass is 79.9. The molecule has 3 aromatic rings. The predicted octanol–water partition coefficient (Wildman–Crippen LogP) is 1.89. The molecule has 2 unspecified atom stereocenters. The highest BCUT2D eigenvalue weighted by molar-refractivity contribution is 5.91. The van der Waals surface area contributed by atoms with Gasteiger partial charge in [-0.1, -0.05) is 84.9 Å². The van der Waals surface area contributed by atoms with Crippen LogP contribution in [-0.2, 0) is 16.8 Å². The maximum absolute atomic E-state index is 13.4. The molecule has 0 radical (unpaired) electrons. The highest BCUT2D eigenvalue weighted by Gasteiger charge is 2.52. The Balaban J connectivity index is 0.00000304. The topological polar surface area (TPSA) is 49.3 Å². The van der Waals surface area contributed by atoms with Crippen LogP contribution in [0.25, 0.3) is 0 Å². The molecule has 4 nitrogen and oxygen atoms in total. The van der Waals surface area contributed by atoms with Crippen LogP contribution in [0.5, 0.6) is 0 Å². The molecule has 5 rings (SSSR count). The fraction of sp³-hybridized carbons (Fsp3) is 0.355. The maximum atomic E-state index is 13.4. The van der Waals surface area contributed by atoms with Gasteiger partial charge >= 0.3 is 0 Å². The summed E-state index contributed by atoms with van der Waals surface area (Å²) in [6.07, 6.45) is 3.02. The van der Waals surface area contributed by atoms with E-state index < -0.39 is 5.41 Å². The number of aryl methyl sites for hydroxylation is 1. The van der Waals surface area contributed by atoms with Gasteiger partial charge in [0.15, 0.2) is 0 Å². The Kier molecular flexibility index (Phi) is 7.99. The Labute approximate surface area is 225 Å². The number of nitrogens with two attached hydrogens (primary N) is 1. The third-order valence-electron chi connectivity index (χ3n) is 8.41. The zero-order valence-electron chi connectivity index (χ0n) is 21.2. The highest BCUT2D eigenvalue weighted by Crippen LogP contribution is 2.48. The van der Waals surface area contributed by atoms with Gasteiger partial charge in [0.2, 0.25) is 11.7 Å². The van der Waals surface area contributed by atoms with Gasteiger partial charge in [-0.05, 0) is 54.4 Å². The molecule has 1 aliphatic carbocycles. The van der Waals surface area contributed by atoms with Gasteiger partial charge in [0.25, 0.3) is 0 Å². The van der Waals surface area contributed by atoms with Gasteiger partial charge in [0.05, 0.1) is 6.04 Å². The molecule has 0 spiro atoms. The second-order valence-corrected chi connectivity index (χ2v) is 10.2. The molecule has 0 aromatic heterocycles. The zero-order chi connectivity index (χ0) is 24.4. The van der Waals surface area contributed by atoms with Crippen molar-refractivity contribution in [3.05, 3.63) is 107 Å². The molecular formula is C31H36BrN3O. The van der Waals surface area contributed by atoms with Crippen molar-refractivity contribution < 1.29 is 26.4 Å². The summed E-state index contributed by atoms with van der Waals surface area (Å²) >= 11 is 0. The van der Waals surface area contributed by atoms with Crippen molar-refractivity contribution in [3.8, 4) is 0 Å². The van der Waals surface area contributed by atoms with E-state index in [1.807, 2.05) is 36.4 Å². The molecule has 2 aliphatic rings. The lowest BCUT2D eigenvalue weighted by molar-refractivity contribution is -0.534. The van der Waals surface area contributed by atoms with Gasteiger partial charge in [-0.2, -0.15) is 0 Å². The van der Waals surface area contributed by atoms with Crippen LogP contribution in [0, 0.1) is 12.8 Å². The van der Waals surface area contributed by atoms with Crippen molar-refractivity contribution in [1.29, 1.82) is 0 Å². The van der Waals surface area contributed by atoms with E-state index in [0.29, 0.717) is 6.04 Å². The molecule has 2 N–H and O–H groups in total. The Bertz CT molecular complexity index is 1190. The number of amides is 1. The predicted molar refractivity (Wildman–Crippen MR) is 141 cm³/mol. The first-order valence-corrected chi connectivity index (χ1v) is 12.8. The van der Waals surface area contributed by atoms with E-state index in [0.717, 1.165) is 50.0 Å². The van der Waals surface area contributed by atoms with Gasteiger partial charge in [0, 0.05) is 6.92 Å². The number of hydrogen-bond donors (Lipinski definition) is 1. The number of halogens is 1. The van der Waals surface area contributed by atoms with Crippen LogP contribution in [0.2, 0.25) is 0 Å². The minimum absolute atomic E-state index is 0. The number of carbonyl (C=O) groups is 1. The summed E-state index contributed by atoms with van der Waals surface area (Å²) in [5.41, 5.74) is 10.2. The van der Waals surface area contributed by atoms with Crippen LogP contribution in [0.15, 0.2) is 84.9 Å². The lowest BCUT2D eigenvalue weighted by atomic mass is 9.64. The van der Waals surface area contributed by atoms with Crippen LogP contribution in [0.3, 0.4) is 0 Å². The van der Waals surface area contributed by atoms with Crippen molar-refractivity contribution in [2.45, 2.75) is 51.1 Å². The summed E-state index contributed by atoms with van der Waals surface area (Å²) in [5.74, 6) is 1.26. The Morgan fingerprint density at radius 1 is 0.917 bits per heavy atom. The zero-order valence-corrected chi connectivity index (χ0v) is 22.8. The fourth-order valence-electron chi connectivity index (χ4n) is 6.53. The first-order chi connectivity index (χ1) is 17.0. The minimum atomic E-state index is -0.814. The molecule has 3 aromatic carbocycles. The molecule has 188 valence electrons. The molecule has 0 saturated heterocycles. The summed E-state index contributed by atoms with van der Waals surface area (Å²) in [5, 5.41) is 0. The molecule has 1 heterocycles. The minimum Gasteiger partial charge on any atom is -1.00 e. The summed E-state index contributed by atoms with van der Waals surface area (Å²) in [6.45, 7) is 7.48. The average molecular weight is 547 g/mol. The van der Waals surface area contributed by atoms with Crippen LogP contribution >= 0.6 is 0 Å². The van der Waals surface area contributed by atoms with E-state index in [2.05, 4.69) is 71.9 Å². The van der Waals surface area contributed by atoms with E-state index in [4.69, 9.17) is 5.73 Å². The lowest BCUT2D eigenvalue weighted by Gasteiger charge is -2.37.